The lowest BCUT2D eigenvalue weighted by Crippen LogP contribution is -2.04. The molecule has 12 heavy (non-hydrogen) atoms. The monoisotopic (exact) mass is 175 g/mol. The SMILES string of the molecule is C[N-]c1ccc(C(F)(F)F)cn1. The van der Waals surface area contributed by atoms with Crippen LogP contribution in [0.2, 0.25) is 0 Å². The van der Waals surface area contributed by atoms with Crippen molar-refractivity contribution in [1.82, 2.24) is 4.98 Å². The van der Waals surface area contributed by atoms with Crippen molar-refractivity contribution in [2.45, 2.75) is 6.18 Å². The van der Waals surface area contributed by atoms with Crippen LogP contribution in [-0.2, 0) is 6.18 Å². The van der Waals surface area contributed by atoms with Crippen LogP contribution in [0, 0.1) is 0 Å². The number of halogens is 3. The summed E-state index contributed by atoms with van der Waals surface area (Å²) < 4.78 is 35.9. The van der Waals surface area contributed by atoms with Gasteiger partial charge in [-0.05, 0) is 0 Å². The summed E-state index contributed by atoms with van der Waals surface area (Å²) in [7, 11) is 1.47. The summed E-state index contributed by atoms with van der Waals surface area (Å²) in [4.78, 5) is 3.48. The summed E-state index contributed by atoms with van der Waals surface area (Å²) in [6.07, 6.45) is -3.55. The lowest BCUT2D eigenvalue weighted by Gasteiger charge is -2.12. The number of nitrogens with zero attached hydrogens (tertiary/aromatic N) is 2. The highest BCUT2D eigenvalue weighted by atomic mass is 19.4. The Bertz CT molecular complexity index is 252. The van der Waals surface area contributed by atoms with Crippen molar-refractivity contribution in [3.63, 3.8) is 0 Å². The van der Waals surface area contributed by atoms with E-state index in [2.05, 4.69) is 10.3 Å². The Morgan fingerprint density at radius 1 is 1.33 bits per heavy atom. The van der Waals surface area contributed by atoms with Gasteiger partial charge >= 0.3 is 6.18 Å². The Balaban J connectivity index is 2.93. The minimum atomic E-state index is -4.32. The molecule has 0 saturated heterocycles. The maximum atomic E-state index is 12.0. The van der Waals surface area contributed by atoms with Gasteiger partial charge in [-0.3, -0.25) is 0 Å². The molecule has 5 heteroatoms. The zero-order chi connectivity index (χ0) is 9.19. The Morgan fingerprint density at radius 2 is 2.00 bits per heavy atom. The fraction of sp³-hybridized carbons (Fsp3) is 0.286. The molecule has 1 aromatic rings. The van der Waals surface area contributed by atoms with Crippen LogP contribution in [0.5, 0.6) is 0 Å². The number of aromatic nitrogens is 1. The van der Waals surface area contributed by atoms with E-state index in [1.807, 2.05) is 0 Å². The van der Waals surface area contributed by atoms with Crippen LogP contribution in [0.1, 0.15) is 5.56 Å². The van der Waals surface area contributed by atoms with Crippen molar-refractivity contribution in [3.05, 3.63) is 29.2 Å². The first-order chi connectivity index (χ1) is 5.54. The first kappa shape index (κ1) is 8.83. The summed E-state index contributed by atoms with van der Waals surface area (Å²) in [5, 5.41) is 3.62. The molecule has 0 saturated carbocycles. The van der Waals surface area contributed by atoms with Crippen LogP contribution in [0.3, 0.4) is 0 Å². The van der Waals surface area contributed by atoms with Gasteiger partial charge in [-0.1, -0.05) is 31.2 Å². The third-order valence-electron chi connectivity index (χ3n) is 1.30. The van der Waals surface area contributed by atoms with Crippen LogP contribution in [0.4, 0.5) is 19.0 Å². The molecule has 0 bridgehead atoms. The number of alkyl halides is 3. The number of hydrogen-bond acceptors (Lipinski definition) is 1. The van der Waals surface area contributed by atoms with Crippen LogP contribution in [0.15, 0.2) is 18.3 Å². The van der Waals surface area contributed by atoms with Gasteiger partial charge in [-0.25, -0.2) is 0 Å². The molecule has 0 fully saturated rings. The molecule has 0 N–H and O–H groups in total. The molecule has 0 aliphatic heterocycles. The van der Waals surface area contributed by atoms with Gasteiger partial charge in [0.25, 0.3) is 0 Å². The quantitative estimate of drug-likeness (QED) is 0.644. The summed E-state index contributed by atoms with van der Waals surface area (Å²) in [5.74, 6) is 0.294. The van der Waals surface area contributed by atoms with E-state index in [4.69, 9.17) is 0 Å². The van der Waals surface area contributed by atoms with Crippen molar-refractivity contribution in [2.75, 3.05) is 7.05 Å². The van der Waals surface area contributed by atoms with E-state index in [1.165, 1.54) is 13.1 Å². The zero-order valence-electron chi connectivity index (χ0n) is 6.26. The second kappa shape index (κ2) is 3.00. The van der Waals surface area contributed by atoms with Crippen molar-refractivity contribution in [3.8, 4) is 0 Å². The van der Waals surface area contributed by atoms with E-state index < -0.39 is 11.7 Å². The van der Waals surface area contributed by atoms with Crippen molar-refractivity contribution in [2.24, 2.45) is 0 Å². The van der Waals surface area contributed by atoms with Gasteiger partial charge in [-0.2, -0.15) is 13.2 Å². The maximum Gasteiger partial charge on any atom is 0.416 e. The average Bonchev–Trinajstić information content (AvgIpc) is 2.03. The second-order valence-electron chi connectivity index (χ2n) is 2.13. The average molecular weight is 175 g/mol. The molecule has 1 aromatic heterocycles. The van der Waals surface area contributed by atoms with Gasteiger partial charge in [0, 0.05) is 0 Å². The Hall–Kier alpha value is -1.26. The maximum absolute atomic E-state index is 12.0. The molecule has 0 aromatic carbocycles. The number of rotatable bonds is 1. The summed E-state index contributed by atoms with van der Waals surface area (Å²) >= 11 is 0. The lowest BCUT2D eigenvalue weighted by molar-refractivity contribution is -0.137. The Morgan fingerprint density at radius 3 is 2.33 bits per heavy atom. The van der Waals surface area contributed by atoms with Crippen LogP contribution < -0.4 is 0 Å². The van der Waals surface area contributed by atoms with E-state index in [0.717, 1.165) is 12.3 Å². The van der Waals surface area contributed by atoms with E-state index in [9.17, 15) is 13.2 Å². The van der Waals surface area contributed by atoms with E-state index in [-0.39, 0.29) is 0 Å². The van der Waals surface area contributed by atoms with Gasteiger partial charge in [0.15, 0.2) is 0 Å². The number of pyridine rings is 1. The predicted octanol–water partition coefficient (Wildman–Crippen LogP) is 2.74. The molecule has 0 spiro atoms. The van der Waals surface area contributed by atoms with Crippen LogP contribution in [-0.4, -0.2) is 12.0 Å². The van der Waals surface area contributed by atoms with E-state index in [0.29, 0.717) is 5.82 Å². The highest BCUT2D eigenvalue weighted by Gasteiger charge is 2.29. The van der Waals surface area contributed by atoms with Crippen molar-refractivity contribution in [1.29, 1.82) is 0 Å². The molecule has 0 radical (unpaired) electrons. The van der Waals surface area contributed by atoms with Crippen molar-refractivity contribution >= 4 is 5.82 Å². The normalized spacial score (nSPS) is 11.3. The molecule has 0 aliphatic rings. The lowest BCUT2D eigenvalue weighted by atomic mass is 10.3. The van der Waals surface area contributed by atoms with Crippen LogP contribution >= 0.6 is 0 Å². The molecule has 66 valence electrons. The van der Waals surface area contributed by atoms with E-state index >= 15 is 0 Å². The molecule has 1 heterocycles. The fourth-order valence-electron chi connectivity index (χ4n) is 0.686. The standard InChI is InChI=1S/C7H6F3N2/c1-11-6-3-2-5(4-12-6)7(8,9)10/h2-4H,1H3/q-1. The largest absolute Gasteiger partial charge is 0.469 e. The van der Waals surface area contributed by atoms with Gasteiger partial charge in [0.1, 0.15) is 0 Å². The molecular formula is C7H6F3N2-. The van der Waals surface area contributed by atoms with E-state index in [1.54, 1.807) is 0 Å². The highest BCUT2D eigenvalue weighted by Crippen LogP contribution is 2.29. The second-order valence-corrected chi connectivity index (χ2v) is 2.13. The summed E-state index contributed by atoms with van der Waals surface area (Å²) in [6, 6.07) is 2.18. The van der Waals surface area contributed by atoms with Crippen molar-refractivity contribution < 1.29 is 13.2 Å². The van der Waals surface area contributed by atoms with Crippen LogP contribution in [0.25, 0.3) is 5.32 Å². The summed E-state index contributed by atoms with van der Waals surface area (Å²) in [6.45, 7) is 0. The minimum absolute atomic E-state index is 0.294. The third-order valence-corrected chi connectivity index (χ3v) is 1.30. The Kier molecular flexibility index (Phi) is 2.21. The molecule has 1 rings (SSSR count). The summed E-state index contributed by atoms with van der Waals surface area (Å²) in [5.41, 5.74) is -0.755. The first-order valence-electron chi connectivity index (χ1n) is 3.17. The smallest absolute Gasteiger partial charge is 0.416 e. The van der Waals surface area contributed by atoms with Gasteiger partial charge in [-0.15, -0.1) is 0 Å². The zero-order valence-corrected chi connectivity index (χ0v) is 6.26. The molecule has 2 nitrogen and oxygen atoms in total. The minimum Gasteiger partial charge on any atom is -0.469 e. The third kappa shape index (κ3) is 1.87. The molecule has 0 amide bonds. The molecular weight excluding hydrogens is 169 g/mol. The fourth-order valence-corrected chi connectivity index (χ4v) is 0.686. The molecule has 0 unspecified atom stereocenters. The van der Waals surface area contributed by atoms with Gasteiger partial charge < -0.3 is 10.3 Å². The molecule has 0 atom stereocenters. The Labute approximate surface area is 67.4 Å². The van der Waals surface area contributed by atoms with Gasteiger partial charge in [0.2, 0.25) is 0 Å². The van der Waals surface area contributed by atoms with Gasteiger partial charge in [0.05, 0.1) is 5.56 Å². The molecule has 0 aliphatic carbocycles. The number of hydrogen-bond donors (Lipinski definition) is 0. The highest BCUT2D eigenvalue weighted by molar-refractivity contribution is 5.39. The first-order valence-corrected chi connectivity index (χ1v) is 3.17. The predicted molar refractivity (Wildman–Crippen MR) is 38.2 cm³/mol. The topological polar surface area (TPSA) is 27.0 Å².